The lowest BCUT2D eigenvalue weighted by Crippen LogP contribution is -2.47. The van der Waals surface area contributed by atoms with Gasteiger partial charge in [0.2, 0.25) is 5.91 Å². The number of ketones is 1. The summed E-state index contributed by atoms with van der Waals surface area (Å²) in [5.74, 6) is -0.899. The van der Waals surface area contributed by atoms with Gasteiger partial charge in [-0.15, -0.1) is 0 Å². The van der Waals surface area contributed by atoms with Crippen LogP contribution in [0.15, 0.2) is 30.5 Å². The van der Waals surface area contributed by atoms with Gasteiger partial charge in [-0.1, -0.05) is 18.2 Å². The average Bonchev–Trinajstić information content (AvgIpc) is 3.12. The number of amides is 2. The molecule has 1 saturated heterocycles. The Morgan fingerprint density at radius 3 is 2.43 bits per heavy atom. The van der Waals surface area contributed by atoms with Crippen LogP contribution in [0, 0.1) is 0 Å². The van der Waals surface area contributed by atoms with Crippen LogP contribution in [0.25, 0.3) is 10.9 Å². The van der Waals surface area contributed by atoms with E-state index in [0.29, 0.717) is 12.0 Å². The molecule has 1 N–H and O–H groups in total. The highest BCUT2D eigenvalue weighted by molar-refractivity contribution is 6.45. The van der Waals surface area contributed by atoms with Crippen LogP contribution < -0.4 is 5.32 Å². The van der Waals surface area contributed by atoms with E-state index in [-0.39, 0.29) is 18.0 Å². The summed E-state index contributed by atoms with van der Waals surface area (Å²) in [5, 5.41) is 3.74. The third kappa shape index (κ3) is 4.90. The number of aromatic nitrogens is 1. The highest BCUT2D eigenvalue weighted by Crippen LogP contribution is 2.25. The first-order valence-corrected chi connectivity index (χ1v) is 10.6. The van der Waals surface area contributed by atoms with Gasteiger partial charge < -0.3 is 19.7 Å². The Morgan fingerprint density at radius 2 is 1.80 bits per heavy atom. The maximum Gasteiger partial charge on any atom is 0.292 e. The van der Waals surface area contributed by atoms with E-state index < -0.39 is 11.7 Å². The second kappa shape index (κ2) is 9.43. The van der Waals surface area contributed by atoms with Crippen molar-refractivity contribution < 1.29 is 14.4 Å². The lowest BCUT2D eigenvalue weighted by atomic mass is 10.0. The number of nitrogens with one attached hydrogen (secondary N) is 1. The van der Waals surface area contributed by atoms with Crippen molar-refractivity contribution in [3.05, 3.63) is 36.0 Å². The molecule has 2 amide bonds. The molecule has 1 aromatic carbocycles. The predicted molar refractivity (Wildman–Crippen MR) is 118 cm³/mol. The molecule has 0 aliphatic carbocycles. The van der Waals surface area contributed by atoms with E-state index in [1.165, 1.54) is 0 Å². The number of likely N-dealkylation sites (tertiary alicyclic amines) is 1. The summed E-state index contributed by atoms with van der Waals surface area (Å²) >= 11 is 0. The number of rotatable bonds is 7. The summed E-state index contributed by atoms with van der Waals surface area (Å²) in [4.78, 5) is 41.2. The molecule has 0 radical (unpaired) electrons. The first-order valence-electron chi connectivity index (χ1n) is 10.6. The molecular formula is C23H32N4O3. The summed E-state index contributed by atoms with van der Waals surface area (Å²) in [6.07, 6.45) is 3.86. The van der Waals surface area contributed by atoms with Crippen LogP contribution in [-0.2, 0) is 9.59 Å². The number of piperidine rings is 1. The predicted octanol–water partition coefficient (Wildman–Crippen LogP) is 2.46. The Bertz CT molecular complexity index is 924. The van der Waals surface area contributed by atoms with E-state index in [1.54, 1.807) is 25.2 Å². The van der Waals surface area contributed by atoms with Gasteiger partial charge >= 0.3 is 0 Å². The average molecular weight is 413 g/mol. The first-order chi connectivity index (χ1) is 14.3. The topological polar surface area (TPSA) is 74.6 Å². The van der Waals surface area contributed by atoms with E-state index in [2.05, 4.69) is 24.1 Å². The van der Waals surface area contributed by atoms with Gasteiger partial charge in [0.05, 0.1) is 5.56 Å². The number of carbonyl (C=O) groups excluding carboxylic acids is 3. The molecule has 7 heteroatoms. The Morgan fingerprint density at radius 1 is 1.13 bits per heavy atom. The largest absolute Gasteiger partial charge is 0.349 e. The minimum atomic E-state index is -0.539. The molecule has 0 atom stereocenters. The molecule has 1 fully saturated rings. The summed E-state index contributed by atoms with van der Waals surface area (Å²) in [6.45, 7) is 6.46. The zero-order valence-corrected chi connectivity index (χ0v) is 18.4. The third-order valence-corrected chi connectivity index (χ3v) is 5.81. The fourth-order valence-electron chi connectivity index (χ4n) is 3.96. The number of carbonyl (C=O) groups is 3. The molecule has 1 aliphatic rings. The molecule has 3 rings (SSSR count). The van der Waals surface area contributed by atoms with Gasteiger partial charge in [-0.2, -0.15) is 0 Å². The van der Waals surface area contributed by atoms with Crippen molar-refractivity contribution in [3.63, 3.8) is 0 Å². The quantitative estimate of drug-likeness (QED) is 0.560. The minimum absolute atomic E-state index is 0.0132. The van der Waals surface area contributed by atoms with Gasteiger partial charge in [0.15, 0.2) is 0 Å². The molecule has 0 spiro atoms. The van der Waals surface area contributed by atoms with Crippen molar-refractivity contribution in [2.24, 2.45) is 0 Å². The maximum absolute atomic E-state index is 12.9. The lowest BCUT2D eigenvalue weighted by Gasteiger charge is -2.32. The van der Waals surface area contributed by atoms with Crippen molar-refractivity contribution in [2.75, 3.05) is 33.7 Å². The standard InChI is InChI=1S/C23H32N4O3/c1-16(2)27-15-19(18-7-5-6-8-20(18)27)22(29)23(30)24-17-9-12-26(13-10-17)14-11-21(28)25(3)4/h5-8,15-17H,9-14H2,1-4H3,(H,24,30). The molecule has 0 saturated carbocycles. The number of nitrogens with zero attached hydrogens (tertiary/aromatic N) is 3. The third-order valence-electron chi connectivity index (χ3n) is 5.81. The van der Waals surface area contributed by atoms with Crippen LogP contribution in [0.3, 0.4) is 0 Å². The number of Topliss-reactive ketones (excluding diaryl/α,β-unsaturated/α-hetero) is 1. The van der Waals surface area contributed by atoms with Crippen LogP contribution in [0.2, 0.25) is 0 Å². The van der Waals surface area contributed by atoms with E-state index in [0.717, 1.165) is 43.4 Å². The van der Waals surface area contributed by atoms with Gasteiger partial charge in [-0.05, 0) is 32.8 Å². The second-order valence-corrected chi connectivity index (χ2v) is 8.52. The maximum atomic E-state index is 12.9. The number of hydrogen-bond donors (Lipinski definition) is 1. The van der Waals surface area contributed by atoms with Gasteiger partial charge in [-0.25, -0.2) is 0 Å². The molecule has 2 aromatic rings. The van der Waals surface area contributed by atoms with Crippen LogP contribution in [0.5, 0.6) is 0 Å². The molecule has 1 aliphatic heterocycles. The Labute approximate surface area is 178 Å². The molecule has 7 nitrogen and oxygen atoms in total. The van der Waals surface area contributed by atoms with E-state index in [4.69, 9.17) is 0 Å². The molecular weight excluding hydrogens is 380 g/mol. The van der Waals surface area contributed by atoms with Crippen molar-refractivity contribution in [3.8, 4) is 0 Å². The lowest BCUT2D eigenvalue weighted by molar-refractivity contribution is -0.129. The fraction of sp³-hybridized carbons (Fsp3) is 0.522. The van der Waals surface area contributed by atoms with Crippen LogP contribution >= 0.6 is 0 Å². The highest BCUT2D eigenvalue weighted by Gasteiger charge is 2.26. The number of hydrogen-bond acceptors (Lipinski definition) is 4. The van der Waals surface area contributed by atoms with Gasteiger partial charge in [0.25, 0.3) is 11.7 Å². The Kier molecular flexibility index (Phi) is 6.92. The van der Waals surface area contributed by atoms with Crippen molar-refractivity contribution in [2.45, 2.75) is 45.2 Å². The smallest absolute Gasteiger partial charge is 0.292 e. The van der Waals surface area contributed by atoms with Gasteiger partial charge in [0, 0.05) is 69.3 Å². The summed E-state index contributed by atoms with van der Waals surface area (Å²) in [5.41, 5.74) is 1.42. The normalized spacial score (nSPS) is 15.5. The van der Waals surface area contributed by atoms with E-state index in [1.807, 2.05) is 28.8 Å². The van der Waals surface area contributed by atoms with E-state index >= 15 is 0 Å². The van der Waals surface area contributed by atoms with Gasteiger partial charge in [0.1, 0.15) is 0 Å². The molecule has 0 unspecified atom stereocenters. The molecule has 1 aromatic heterocycles. The van der Waals surface area contributed by atoms with Crippen LogP contribution in [0.4, 0.5) is 0 Å². The minimum Gasteiger partial charge on any atom is -0.349 e. The number of benzene rings is 1. The molecule has 0 bridgehead atoms. The molecule has 162 valence electrons. The van der Waals surface area contributed by atoms with E-state index in [9.17, 15) is 14.4 Å². The van der Waals surface area contributed by atoms with Crippen LogP contribution in [0.1, 0.15) is 49.5 Å². The van der Waals surface area contributed by atoms with Crippen molar-refractivity contribution in [1.82, 2.24) is 19.7 Å². The Balaban J connectivity index is 1.58. The van der Waals surface area contributed by atoms with Gasteiger partial charge in [-0.3, -0.25) is 14.4 Å². The number of fused-ring (bicyclic) bond motifs is 1. The summed E-state index contributed by atoms with van der Waals surface area (Å²) in [7, 11) is 3.53. The Hall–Kier alpha value is -2.67. The molecule has 2 heterocycles. The number of para-hydroxylation sites is 1. The second-order valence-electron chi connectivity index (χ2n) is 8.52. The zero-order valence-electron chi connectivity index (χ0n) is 18.4. The zero-order chi connectivity index (χ0) is 21.8. The van der Waals surface area contributed by atoms with Crippen molar-refractivity contribution >= 4 is 28.5 Å². The van der Waals surface area contributed by atoms with Crippen molar-refractivity contribution in [1.29, 1.82) is 0 Å². The van der Waals surface area contributed by atoms with Crippen LogP contribution in [-0.4, -0.2) is 71.7 Å². The fourth-order valence-corrected chi connectivity index (χ4v) is 3.96. The molecule has 30 heavy (non-hydrogen) atoms. The first kappa shape index (κ1) is 22.0. The summed E-state index contributed by atoms with van der Waals surface area (Å²) < 4.78 is 2.03. The SMILES string of the molecule is CC(C)n1cc(C(=O)C(=O)NC2CCN(CCC(=O)N(C)C)CC2)c2ccccc21. The monoisotopic (exact) mass is 412 g/mol. The summed E-state index contributed by atoms with van der Waals surface area (Å²) in [6, 6.07) is 7.88. The highest BCUT2D eigenvalue weighted by atomic mass is 16.2.